The molecule has 0 aliphatic carbocycles. The van der Waals surface area contributed by atoms with Crippen LogP contribution in [-0.4, -0.2) is 35.4 Å². The van der Waals surface area contributed by atoms with Crippen LogP contribution in [0.1, 0.15) is 28.2 Å². The standard InChI is InChI=1S/C12H19N3O2/c1-8-11(9(2)15(3)14-8)12(16)13-6-10-4-5-17-7-10/h10H,4-7H2,1-3H3,(H,13,16)/t10-/m0/s1. The van der Waals surface area contributed by atoms with Crippen molar-refractivity contribution in [3.8, 4) is 0 Å². The number of amides is 1. The van der Waals surface area contributed by atoms with Crippen LogP contribution >= 0.6 is 0 Å². The summed E-state index contributed by atoms with van der Waals surface area (Å²) in [7, 11) is 1.85. The number of carbonyl (C=O) groups is 1. The maximum Gasteiger partial charge on any atom is 0.255 e. The molecule has 1 saturated heterocycles. The van der Waals surface area contributed by atoms with Gasteiger partial charge in [0.2, 0.25) is 0 Å². The lowest BCUT2D eigenvalue weighted by atomic mass is 10.1. The summed E-state index contributed by atoms with van der Waals surface area (Å²) < 4.78 is 7.02. The van der Waals surface area contributed by atoms with E-state index in [2.05, 4.69) is 10.4 Å². The molecule has 0 spiro atoms. The lowest BCUT2D eigenvalue weighted by Crippen LogP contribution is -2.30. The summed E-state index contributed by atoms with van der Waals surface area (Å²) in [6.45, 7) is 6.03. The van der Waals surface area contributed by atoms with Gasteiger partial charge in [0.05, 0.1) is 17.9 Å². The number of nitrogens with one attached hydrogen (secondary N) is 1. The summed E-state index contributed by atoms with van der Waals surface area (Å²) in [5, 5.41) is 7.21. The van der Waals surface area contributed by atoms with Gasteiger partial charge < -0.3 is 10.1 Å². The average molecular weight is 237 g/mol. The van der Waals surface area contributed by atoms with Crippen LogP contribution in [-0.2, 0) is 11.8 Å². The van der Waals surface area contributed by atoms with Gasteiger partial charge in [0.1, 0.15) is 0 Å². The van der Waals surface area contributed by atoms with Crippen molar-refractivity contribution < 1.29 is 9.53 Å². The molecule has 0 unspecified atom stereocenters. The highest BCUT2D eigenvalue weighted by Crippen LogP contribution is 2.13. The van der Waals surface area contributed by atoms with E-state index in [4.69, 9.17) is 4.74 Å². The predicted molar refractivity (Wildman–Crippen MR) is 63.9 cm³/mol. The fourth-order valence-corrected chi connectivity index (χ4v) is 2.17. The van der Waals surface area contributed by atoms with Crippen molar-refractivity contribution in [1.29, 1.82) is 0 Å². The third kappa shape index (κ3) is 2.49. The van der Waals surface area contributed by atoms with E-state index in [0.29, 0.717) is 18.0 Å². The molecule has 0 saturated carbocycles. The van der Waals surface area contributed by atoms with E-state index < -0.39 is 0 Å². The van der Waals surface area contributed by atoms with Crippen LogP contribution < -0.4 is 5.32 Å². The summed E-state index contributed by atoms with van der Waals surface area (Å²) in [6, 6.07) is 0. The van der Waals surface area contributed by atoms with Crippen LogP contribution in [0.5, 0.6) is 0 Å². The number of nitrogens with zero attached hydrogens (tertiary/aromatic N) is 2. The van der Waals surface area contributed by atoms with E-state index in [-0.39, 0.29) is 5.91 Å². The zero-order valence-electron chi connectivity index (χ0n) is 10.6. The SMILES string of the molecule is Cc1nn(C)c(C)c1C(=O)NC[C@@H]1CCOC1. The number of rotatable bonds is 3. The molecule has 0 bridgehead atoms. The number of aromatic nitrogens is 2. The van der Waals surface area contributed by atoms with Gasteiger partial charge in [-0.15, -0.1) is 0 Å². The Balaban J connectivity index is 1.99. The normalized spacial score (nSPS) is 19.6. The molecule has 1 aromatic rings. The minimum atomic E-state index is -0.0278. The van der Waals surface area contributed by atoms with Crippen LogP contribution in [0.3, 0.4) is 0 Å². The molecule has 0 aromatic carbocycles. The lowest BCUT2D eigenvalue weighted by molar-refractivity contribution is 0.0943. The highest BCUT2D eigenvalue weighted by molar-refractivity contribution is 5.96. The Morgan fingerprint density at radius 2 is 2.35 bits per heavy atom. The van der Waals surface area contributed by atoms with Crippen LogP contribution in [0.2, 0.25) is 0 Å². The third-order valence-corrected chi connectivity index (χ3v) is 3.31. The van der Waals surface area contributed by atoms with Gasteiger partial charge in [-0.2, -0.15) is 5.10 Å². The Bertz CT molecular complexity index is 420. The molecular weight excluding hydrogens is 218 g/mol. The molecule has 1 aliphatic heterocycles. The van der Waals surface area contributed by atoms with E-state index in [1.165, 1.54) is 0 Å². The first-order valence-electron chi connectivity index (χ1n) is 5.95. The van der Waals surface area contributed by atoms with Gasteiger partial charge in [0.15, 0.2) is 0 Å². The summed E-state index contributed by atoms with van der Waals surface area (Å²) in [5.41, 5.74) is 2.39. The fraction of sp³-hybridized carbons (Fsp3) is 0.667. The van der Waals surface area contributed by atoms with Crippen LogP contribution in [0, 0.1) is 19.8 Å². The largest absolute Gasteiger partial charge is 0.381 e. The van der Waals surface area contributed by atoms with Gasteiger partial charge in [0.25, 0.3) is 5.91 Å². The van der Waals surface area contributed by atoms with Gasteiger partial charge >= 0.3 is 0 Å². The van der Waals surface area contributed by atoms with Gasteiger partial charge in [-0.3, -0.25) is 9.48 Å². The Kier molecular flexibility index (Phi) is 3.47. The van der Waals surface area contributed by atoms with Crippen molar-refractivity contribution >= 4 is 5.91 Å². The number of aryl methyl sites for hydroxylation is 2. The molecular formula is C12H19N3O2. The molecule has 2 rings (SSSR count). The third-order valence-electron chi connectivity index (χ3n) is 3.31. The van der Waals surface area contributed by atoms with E-state index in [1.807, 2.05) is 20.9 Å². The number of hydrogen-bond acceptors (Lipinski definition) is 3. The molecule has 1 aliphatic rings. The van der Waals surface area contributed by atoms with Gasteiger partial charge in [0, 0.05) is 31.8 Å². The van der Waals surface area contributed by atoms with Gasteiger partial charge in [-0.1, -0.05) is 0 Å². The van der Waals surface area contributed by atoms with Gasteiger partial charge in [-0.25, -0.2) is 0 Å². The molecule has 1 fully saturated rings. The lowest BCUT2D eigenvalue weighted by Gasteiger charge is -2.09. The summed E-state index contributed by atoms with van der Waals surface area (Å²) in [6.07, 6.45) is 1.03. The maximum absolute atomic E-state index is 12.1. The zero-order valence-corrected chi connectivity index (χ0v) is 10.6. The monoisotopic (exact) mass is 237 g/mol. The van der Waals surface area contributed by atoms with Crippen molar-refractivity contribution in [3.63, 3.8) is 0 Å². The average Bonchev–Trinajstić information content (AvgIpc) is 2.86. The van der Waals surface area contributed by atoms with Crippen LogP contribution in [0.4, 0.5) is 0 Å². The number of ether oxygens (including phenoxy) is 1. The predicted octanol–water partition coefficient (Wildman–Crippen LogP) is 0.803. The first kappa shape index (κ1) is 12.1. The fourth-order valence-electron chi connectivity index (χ4n) is 2.17. The minimum Gasteiger partial charge on any atom is -0.381 e. The van der Waals surface area contributed by atoms with E-state index in [9.17, 15) is 4.79 Å². The number of carbonyl (C=O) groups excluding carboxylic acids is 1. The van der Waals surface area contributed by atoms with E-state index in [1.54, 1.807) is 4.68 Å². The second kappa shape index (κ2) is 4.87. The van der Waals surface area contributed by atoms with Crippen molar-refractivity contribution in [2.75, 3.05) is 19.8 Å². The quantitative estimate of drug-likeness (QED) is 0.846. The van der Waals surface area contributed by atoms with Crippen molar-refractivity contribution in [2.45, 2.75) is 20.3 Å². The Hall–Kier alpha value is -1.36. The molecule has 5 heteroatoms. The first-order valence-corrected chi connectivity index (χ1v) is 5.95. The molecule has 0 radical (unpaired) electrons. The molecule has 1 N–H and O–H groups in total. The Labute approximate surface area is 101 Å². The topological polar surface area (TPSA) is 56.2 Å². The summed E-state index contributed by atoms with van der Waals surface area (Å²) >= 11 is 0. The molecule has 1 amide bonds. The second-order valence-electron chi connectivity index (χ2n) is 4.61. The minimum absolute atomic E-state index is 0.0278. The van der Waals surface area contributed by atoms with Crippen molar-refractivity contribution in [2.24, 2.45) is 13.0 Å². The van der Waals surface area contributed by atoms with E-state index in [0.717, 1.165) is 31.0 Å². The van der Waals surface area contributed by atoms with Crippen LogP contribution in [0.25, 0.3) is 0 Å². The van der Waals surface area contributed by atoms with Crippen molar-refractivity contribution in [1.82, 2.24) is 15.1 Å². The Morgan fingerprint density at radius 3 is 2.88 bits per heavy atom. The van der Waals surface area contributed by atoms with E-state index >= 15 is 0 Å². The molecule has 2 heterocycles. The Morgan fingerprint density at radius 1 is 1.59 bits per heavy atom. The first-order chi connectivity index (χ1) is 8.09. The molecule has 5 nitrogen and oxygen atoms in total. The second-order valence-corrected chi connectivity index (χ2v) is 4.61. The summed E-state index contributed by atoms with van der Waals surface area (Å²) in [4.78, 5) is 12.1. The molecule has 1 atom stereocenters. The number of hydrogen-bond donors (Lipinski definition) is 1. The molecule has 94 valence electrons. The van der Waals surface area contributed by atoms with Gasteiger partial charge in [-0.05, 0) is 20.3 Å². The maximum atomic E-state index is 12.1. The van der Waals surface area contributed by atoms with Crippen LogP contribution in [0.15, 0.2) is 0 Å². The molecule has 17 heavy (non-hydrogen) atoms. The zero-order chi connectivity index (χ0) is 12.4. The molecule has 1 aromatic heterocycles. The highest BCUT2D eigenvalue weighted by atomic mass is 16.5. The highest BCUT2D eigenvalue weighted by Gasteiger charge is 2.20. The summed E-state index contributed by atoms with van der Waals surface area (Å²) in [5.74, 6) is 0.427. The smallest absolute Gasteiger partial charge is 0.255 e. The van der Waals surface area contributed by atoms with Crippen molar-refractivity contribution in [3.05, 3.63) is 17.0 Å².